The fraction of sp³-hybridized carbons (Fsp3) is 0.733. The van der Waals surface area contributed by atoms with Gasteiger partial charge < -0.3 is 9.88 Å². The number of aryl methyl sites for hydroxylation is 1. The summed E-state index contributed by atoms with van der Waals surface area (Å²) in [6, 6.07) is 0. The van der Waals surface area contributed by atoms with Gasteiger partial charge in [-0.1, -0.05) is 13.3 Å². The first-order valence-electron chi connectivity index (χ1n) is 7.46. The number of nitrogens with zero attached hydrogens (tertiary/aromatic N) is 2. The molecule has 1 aromatic rings. The molecule has 0 saturated carbocycles. The second-order valence-electron chi connectivity index (χ2n) is 5.54. The molecule has 19 heavy (non-hydrogen) atoms. The Morgan fingerprint density at radius 3 is 3.00 bits per heavy atom. The molecule has 1 atom stereocenters. The van der Waals surface area contributed by atoms with E-state index in [1.165, 1.54) is 0 Å². The predicted molar refractivity (Wildman–Crippen MR) is 76.1 cm³/mol. The van der Waals surface area contributed by atoms with Crippen molar-refractivity contribution in [2.24, 2.45) is 5.41 Å². The zero-order chi connectivity index (χ0) is 13.7. The summed E-state index contributed by atoms with van der Waals surface area (Å²) in [6.07, 6.45) is 8.41. The van der Waals surface area contributed by atoms with Crippen LogP contribution in [0.4, 0.5) is 0 Å². The van der Waals surface area contributed by atoms with Gasteiger partial charge in [-0.05, 0) is 32.7 Å². The fourth-order valence-corrected chi connectivity index (χ4v) is 3.16. The number of imidazole rings is 1. The molecule has 0 aromatic carbocycles. The van der Waals surface area contributed by atoms with E-state index in [-0.39, 0.29) is 5.41 Å². The molecule has 0 spiro atoms. The molecule has 1 fully saturated rings. The van der Waals surface area contributed by atoms with Gasteiger partial charge in [-0.25, -0.2) is 4.98 Å². The fourth-order valence-electron chi connectivity index (χ4n) is 3.16. The van der Waals surface area contributed by atoms with Crippen molar-refractivity contribution in [3.63, 3.8) is 0 Å². The third-order valence-electron chi connectivity index (χ3n) is 4.25. The first kappa shape index (κ1) is 14.3. The van der Waals surface area contributed by atoms with Crippen LogP contribution in [0.2, 0.25) is 0 Å². The summed E-state index contributed by atoms with van der Waals surface area (Å²) in [5.74, 6) is 1.27. The molecule has 1 unspecified atom stereocenters. The molecule has 0 amide bonds. The summed E-state index contributed by atoms with van der Waals surface area (Å²) in [6.45, 7) is 7.01. The van der Waals surface area contributed by atoms with Crippen LogP contribution < -0.4 is 5.32 Å². The number of piperidine rings is 1. The summed E-state index contributed by atoms with van der Waals surface area (Å²) < 4.78 is 2.06. The Kier molecular flexibility index (Phi) is 4.75. The van der Waals surface area contributed by atoms with Gasteiger partial charge in [-0.2, -0.15) is 0 Å². The Bertz CT molecular complexity index is 413. The van der Waals surface area contributed by atoms with E-state index in [9.17, 15) is 4.79 Å². The third-order valence-corrected chi connectivity index (χ3v) is 4.25. The lowest BCUT2D eigenvalue weighted by atomic mass is 9.72. The number of ketones is 1. The van der Waals surface area contributed by atoms with Crippen molar-refractivity contribution in [2.45, 2.75) is 52.5 Å². The average molecular weight is 263 g/mol. The normalized spacial score (nSPS) is 23.5. The molecule has 0 aliphatic carbocycles. The zero-order valence-corrected chi connectivity index (χ0v) is 12.1. The molecule has 0 bridgehead atoms. The second-order valence-corrected chi connectivity index (χ2v) is 5.54. The molecular weight excluding hydrogens is 238 g/mol. The lowest BCUT2D eigenvalue weighted by molar-refractivity contribution is -0.129. The summed E-state index contributed by atoms with van der Waals surface area (Å²) >= 11 is 0. The molecule has 2 heterocycles. The largest absolute Gasteiger partial charge is 0.335 e. The summed E-state index contributed by atoms with van der Waals surface area (Å²) in [7, 11) is 0. The predicted octanol–water partition coefficient (Wildman–Crippen LogP) is 2.18. The van der Waals surface area contributed by atoms with Crippen LogP contribution in [0.5, 0.6) is 0 Å². The van der Waals surface area contributed by atoms with Crippen LogP contribution in [-0.4, -0.2) is 28.4 Å². The minimum absolute atomic E-state index is 0.155. The summed E-state index contributed by atoms with van der Waals surface area (Å²) in [4.78, 5) is 17.1. The SMILES string of the molecule is CCCC1(C(=O)Cc2nccn2CC)CCCNC1. The van der Waals surface area contributed by atoms with Crippen LogP contribution in [0.1, 0.15) is 45.4 Å². The van der Waals surface area contributed by atoms with Gasteiger partial charge in [0.25, 0.3) is 0 Å². The minimum Gasteiger partial charge on any atom is -0.335 e. The van der Waals surface area contributed by atoms with E-state index in [4.69, 9.17) is 0 Å². The third kappa shape index (κ3) is 3.06. The molecule has 1 saturated heterocycles. The van der Waals surface area contributed by atoms with Gasteiger partial charge in [0.15, 0.2) is 0 Å². The molecule has 1 N–H and O–H groups in total. The van der Waals surface area contributed by atoms with Crippen molar-refractivity contribution >= 4 is 5.78 Å². The Morgan fingerprint density at radius 2 is 2.37 bits per heavy atom. The van der Waals surface area contributed by atoms with Crippen molar-refractivity contribution in [1.82, 2.24) is 14.9 Å². The van der Waals surface area contributed by atoms with Crippen molar-refractivity contribution in [3.8, 4) is 0 Å². The number of carbonyl (C=O) groups excluding carboxylic acids is 1. The Morgan fingerprint density at radius 1 is 1.53 bits per heavy atom. The van der Waals surface area contributed by atoms with Crippen LogP contribution in [0.25, 0.3) is 0 Å². The first-order chi connectivity index (χ1) is 9.22. The summed E-state index contributed by atoms with van der Waals surface area (Å²) in [5.41, 5.74) is -0.155. The maximum atomic E-state index is 12.8. The van der Waals surface area contributed by atoms with Gasteiger partial charge in [0.05, 0.1) is 6.42 Å². The lowest BCUT2D eigenvalue weighted by Crippen LogP contribution is -2.46. The van der Waals surface area contributed by atoms with Crippen LogP contribution in [0, 0.1) is 5.41 Å². The molecule has 4 nitrogen and oxygen atoms in total. The molecule has 0 radical (unpaired) electrons. The highest BCUT2D eigenvalue weighted by atomic mass is 16.1. The highest BCUT2D eigenvalue weighted by Crippen LogP contribution is 2.33. The number of hydrogen-bond acceptors (Lipinski definition) is 3. The van der Waals surface area contributed by atoms with E-state index in [0.29, 0.717) is 12.2 Å². The number of aromatic nitrogens is 2. The molecule has 106 valence electrons. The van der Waals surface area contributed by atoms with E-state index < -0.39 is 0 Å². The van der Waals surface area contributed by atoms with Crippen molar-refractivity contribution in [3.05, 3.63) is 18.2 Å². The van der Waals surface area contributed by atoms with Gasteiger partial charge in [-0.15, -0.1) is 0 Å². The van der Waals surface area contributed by atoms with Crippen LogP contribution in [-0.2, 0) is 17.8 Å². The quantitative estimate of drug-likeness (QED) is 0.855. The monoisotopic (exact) mass is 263 g/mol. The Labute approximate surface area is 115 Å². The minimum atomic E-state index is -0.155. The van der Waals surface area contributed by atoms with Crippen molar-refractivity contribution in [1.29, 1.82) is 0 Å². The maximum absolute atomic E-state index is 12.8. The Balaban J connectivity index is 2.11. The van der Waals surface area contributed by atoms with Crippen LogP contribution in [0.3, 0.4) is 0 Å². The van der Waals surface area contributed by atoms with Gasteiger partial charge in [0.1, 0.15) is 11.6 Å². The molecule has 2 rings (SSSR count). The highest BCUT2D eigenvalue weighted by Gasteiger charge is 2.38. The number of Topliss-reactive ketones (excluding diaryl/α,β-unsaturated/α-hetero) is 1. The van der Waals surface area contributed by atoms with Crippen LogP contribution in [0.15, 0.2) is 12.4 Å². The number of carbonyl (C=O) groups is 1. The van der Waals surface area contributed by atoms with Gasteiger partial charge in [-0.3, -0.25) is 4.79 Å². The molecule has 1 aliphatic rings. The molecule has 4 heteroatoms. The molecule has 1 aromatic heterocycles. The second kappa shape index (κ2) is 6.33. The van der Waals surface area contributed by atoms with E-state index in [1.54, 1.807) is 6.20 Å². The standard InChI is InChI=1S/C15H25N3O/c1-3-6-15(7-5-8-16-12-15)13(19)11-14-17-9-10-18(14)4-2/h9-10,16H,3-8,11-12H2,1-2H3. The number of nitrogens with one attached hydrogen (secondary N) is 1. The van der Waals surface area contributed by atoms with E-state index in [0.717, 1.165) is 51.1 Å². The van der Waals surface area contributed by atoms with Crippen LogP contribution >= 0.6 is 0 Å². The average Bonchev–Trinajstić information content (AvgIpc) is 2.87. The van der Waals surface area contributed by atoms with Gasteiger partial charge in [0, 0.05) is 30.9 Å². The van der Waals surface area contributed by atoms with Crippen molar-refractivity contribution < 1.29 is 4.79 Å². The van der Waals surface area contributed by atoms with Gasteiger partial charge in [0.2, 0.25) is 0 Å². The lowest BCUT2D eigenvalue weighted by Gasteiger charge is -2.36. The van der Waals surface area contributed by atoms with Gasteiger partial charge >= 0.3 is 0 Å². The first-order valence-corrected chi connectivity index (χ1v) is 7.46. The number of rotatable bonds is 6. The topological polar surface area (TPSA) is 46.9 Å². The highest BCUT2D eigenvalue weighted by molar-refractivity contribution is 5.86. The number of hydrogen-bond donors (Lipinski definition) is 1. The van der Waals surface area contributed by atoms with E-state index in [2.05, 4.69) is 28.7 Å². The summed E-state index contributed by atoms with van der Waals surface area (Å²) in [5, 5.41) is 3.40. The maximum Gasteiger partial charge on any atom is 0.147 e. The van der Waals surface area contributed by atoms with E-state index in [1.807, 2.05) is 6.20 Å². The zero-order valence-electron chi connectivity index (χ0n) is 12.1. The molecule has 1 aliphatic heterocycles. The van der Waals surface area contributed by atoms with E-state index >= 15 is 0 Å². The Hall–Kier alpha value is -1.16. The smallest absolute Gasteiger partial charge is 0.147 e. The van der Waals surface area contributed by atoms with Crippen molar-refractivity contribution in [2.75, 3.05) is 13.1 Å². The molecular formula is C15H25N3O.